The summed E-state index contributed by atoms with van der Waals surface area (Å²) in [4.78, 5) is 23.2. The molecule has 0 saturated carbocycles. The van der Waals surface area contributed by atoms with Crippen LogP contribution in [-0.2, 0) is 14.8 Å². The number of methoxy groups -OCH3 is 1. The molecule has 0 bridgehead atoms. The maximum atomic E-state index is 12.7. The highest BCUT2D eigenvalue weighted by atomic mass is 32.2. The Morgan fingerprint density at radius 3 is 2.09 bits per heavy atom. The van der Waals surface area contributed by atoms with Crippen molar-refractivity contribution in [1.82, 2.24) is 14.5 Å². The average Bonchev–Trinajstić information content (AvgIpc) is 2.74. The van der Waals surface area contributed by atoms with Gasteiger partial charge in [0.15, 0.2) is 0 Å². The smallest absolute Gasteiger partial charge is 0.490 e. The van der Waals surface area contributed by atoms with Crippen LogP contribution in [0.2, 0.25) is 0 Å². The fourth-order valence-electron chi connectivity index (χ4n) is 2.76. The van der Waals surface area contributed by atoms with Gasteiger partial charge in [-0.05, 0) is 38.1 Å². The number of benzene rings is 1. The van der Waals surface area contributed by atoms with Crippen molar-refractivity contribution in [2.24, 2.45) is 0 Å². The first-order valence-corrected chi connectivity index (χ1v) is 11.3. The minimum atomic E-state index is -5.08. The Kier molecular flexibility index (Phi) is 10.4. The number of hydrogen-bond acceptors (Lipinski definition) is 6. The molecule has 0 radical (unpaired) electrons. The second-order valence-corrected chi connectivity index (χ2v) is 9.18. The molecule has 2 N–H and O–H groups in total. The van der Waals surface area contributed by atoms with Crippen molar-refractivity contribution in [2.75, 3.05) is 45.6 Å². The van der Waals surface area contributed by atoms with Gasteiger partial charge in [-0.15, -0.1) is 0 Å². The van der Waals surface area contributed by atoms with Gasteiger partial charge in [0.1, 0.15) is 5.75 Å². The molecule has 1 saturated heterocycles. The third-order valence-corrected chi connectivity index (χ3v) is 6.37. The molecule has 9 nitrogen and oxygen atoms in total. The van der Waals surface area contributed by atoms with E-state index >= 15 is 0 Å². The van der Waals surface area contributed by atoms with Gasteiger partial charge in [-0.25, -0.2) is 13.2 Å². The van der Waals surface area contributed by atoms with Crippen LogP contribution < -0.4 is 10.1 Å². The van der Waals surface area contributed by atoms with Crippen LogP contribution in [0.25, 0.3) is 0 Å². The number of carboxylic acids is 1. The molecule has 1 aliphatic heterocycles. The van der Waals surface area contributed by atoms with Crippen molar-refractivity contribution in [2.45, 2.75) is 26.1 Å². The number of amides is 1. The van der Waals surface area contributed by atoms with Crippen LogP contribution >= 0.6 is 0 Å². The lowest BCUT2D eigenvalue weighted by Gasteiger charge is -2.30. The third-order valence-electron chi connectivity index (χ3n) is 4.52. The van der Waals surface area contributed by atoms with E-state index in [9.17, 15) is 26.4 Å². The largest absolute Gasteiger partial charge is 0.497 e. The summed E-state index contributed by atoms with van der Waals surface area (Å²) < 4.78 is 63.3. The second-order valence-electron chi connectivity index (χ2n) is 7.09. The van der Waals surface area contributed by atoms with Gasteiger partial charge in [-0.3, -0.25) is 4.79 Å². The minimum absolute atomic E-state index is 0.0624. The Morgan fingerprint density at radius 1 is 1.19 bits per heavy atom. The Hall–Kier alpha value is -2.38. The summed E-state index contributed by atoms with van der Waals surface area (Å²) in [7, 11) is -1.79. The van der Waals surface area contributed by atoms with E-state index in [1.54, 1.807) is 36.3 Å². The Labute approximate surface area is 185 Å². The molecular formula is C19H28F3N3O6S. The first-order valence-electron chi connectivity index (χ1n) is 9.73. The van der Waals surface area contributed by atoms with E-state index in [4.69, 9.17) is 14.6 Å². The van der Waals surface area contributed by atoms with Gasteiger partial charge >= 0.3 is 12.1 Å². The lowest BCUT2D eigenvalue weighted by Crippen LogP contribution is -2.49. The zero-order valence-corrected chi connectivity index (χ0v) is 18.9. The number of hydrogen-bond donors (Lipinski definition) is 2. The number of ether oxygens (including phenoxy) is 1. The summed E-state index contributed by atoms with van der Waals surface area (Å²) in [6.07, 6.45) is -5.08. The summed E-state index contributed by atoms with van der Waals surface area (Å²) in [6, 6.07) is 6.75. The Morgan fingerprint density at radius 2 is 1.69 bits per heavy atom. The summed E-state index contributed by atoms with van der Waals surface area (Å²) in [5, 5.41) is 10.3. The molecule has 1 aromatic rings. The van der Waals surface area contributed by atoms with Crippen molar-refractivity contribution in [3.05, 3.63) is 29.8 Å². The first kappa shape index (κ1) is 27.7. The molecule has 1 aliphatic rings. The highest BCUT2D eigenvalue weighted by Crippen LogP contribution is 2.15. The maximum absolute atomic E-state index is 12.7. The van der Waals surface area contributed by atoms with Crippen LogP contribution in [0, 0.1) is 0 Å². The number of carboxylic acid groups (broad SMARTS) is 1. The van der Waals surface area contributed by atoms with Gasteiger partial charge < -0.3 is 20.1 Å². The number of nitrogens with zero attached hydrogens (tertiary/aromatic N) is 2. The van der Waals surface area contributed by atoms with E-state index in [1.165, 1.54) is 4.31 Å². The second kappa shape index (κ2) is 12.0. The quantitative estimate of drug-likeness (QED) is 0.603. The predicted octanol–water partition coefficient (Wildman–Crippen LogP) is 1.41. The van der Waals surface area contributed by atoms with Gasteiger partial charge in [0.05, 0.1) is 12.9 Å². The van der Waals surface area contributed by atoms with Gasteiger partial charge in [-0.2, -0.15) is 17.5 Å². The van der Waals surface area contributed by atoms with Crippen LogP contribution in [0.15, 0.2) is 24.3 Å². The molecule has 0 aliphatic carbocycles. The molecule has 182 valence electrons. The number of carbonyl (C=O) groups excluding carboxylic acids is 1. The number of rotatable bonds is 7. The summed E-state index contributed by atoms with van der Waals surface area (Å²) in [5.74, 6) is -2.32. The number of sulfonamides is 1. The molecule has 1 heterocycles. The molecule has 1 fully saturated rings. The molecule has 0 unspecified atom stereocenters. The number of aliphatic carboxylic acids is 1. The van der Waals surface area contributed by atoms with E-state index in [-0.39, 0.29) is 24.2 Å². The highest BCUT2D eigenvalue weighted by Gasteiger charge is 2.38. The van der Waals surface area contributed by atoms with E-state index in [0.717, 1.165) is 0 Å². The number of carbonyl (C=O) groups is 2. The molecule has 32 heavy (non-hydrogen) atoms. The van der Waals surface area contributed by atoms with Crippen LogP contribution in [-0.4, -0.2) is 92.4 Å². The van der Waals surface area contributed by atoms with Crippen molar-refractivity contribution >= 4 is 21.9 Å². The van der Waals surface area contributed by atoms with Gasteiger partial charge in [0, 0.05) is 44.3 Å². The summed E-state index contributed by atoms with van der Waals surface area (Å²) >= 11 is 0. The van der Waals surface area contributed by atoms with Gasteiger partial charge in [0.25, 0.3) is 5.91 Å². The molecule has 0 aromatic heterocycles. The number of alkyl halides is 3. The van der Waals surface area contributed by atoms with Crippen LogP contribution in [0.3, 0.4) is 0 Å². The van der Waals surface area contributed by atoms with Crippen LogP contribution in [0.1, 0.15) is 24.2 Å². The molecule has 1 aromatic carbocycles. The lowest BCUT2D eigenvalue weighted by molar-refractivity contribution is -0.192. The fourth-order valence-corrected chi connectivity index (χ4v) is 4.18. The molecule has 13 heteroatoms. The Balaban J connectivity index is 0.000000633. The van der Waals surface area contributed by atoms with Crippen LogP contribution in [0.5, 0.6) is 5.75 Å². The Bertz CT molecular complexity index is 854. The lowest BCUT2D eigenvalue weighted by atomic mass is 10.1. The van der Waals surface area contributed by atoms with Gasteiger partial charge in [-0.1, -0.05) is 0 Å². The topological polar surface area (TPSA) is 116 Å². The van der Waals surface area contributed by atoms with Crippen LogP contribution in [0.4, 0.5) is 13.2 Å². The maximum Gasteiger partial charge on any atom is 0.490 e. The van der Waals surface area contributed by atoms with E-state index in [2.05, 4.69) is 5.32 Å². The van der Waals surface area contributed by atoms with Crippen molar-refractivity contribution < 1.29 is 41.0 Å². The number of piperazine rings is 1. The van der Waals surface area contributed by atoms with Gasteiger partial charge in [0.2, 0.25) is 10.0 Å². The predicted molar refractivity (Wildman–Crippen MR) is 111 cm³/mol. The zero-order valence-electron chi connectivity index (χ0n) is 18.1. The summed E-state index contributed by atoms with van der Waals surface area (Å²) in [6.45, 7) is 6.25. The molecule has 0 atom stereocenters. The molecular weight excluding hydrogens is 455 g/mol. The van der Waals surface area contributed by atoms with Crippen molar-refractivity contribution in [1.29, 1.82) is 0 Å². The molecule has 1 amide bonds. The monoisotopic (exact) mass is 483 g/mol. The molecule has 0 spiro atoms. The van der Waals surface area contributed by atoms with E-state index < -0.39 is 22.2 Å². The van der Waals surface area contributed by atoms with Crippen molar-refractivity contribution in [3.8, 4) is 5.75 Å². The standard InChI is InChI=1S/C17H27N3O4S.C2HF3O2/c1-14(2)20(17(21)15-4-6-16(24-3)7-5-15)12-13-25(22,23)19-10-8-18-9-11-19;3-2(4,5)1(6)7/h4-7,14,18H,8-13H2,1-3H3;(H,6,7). The molecule has 2 rings (SSSR count). The number of nitrogens with one attached hydrogen (secondary N) is 1. The zero-order chi connectivity index (χ0) is 24.5. The SMILES string of the molecule is COc1ccc(C(=O)N(CCS(=O)(=O)N2CCNCC2)C(C)C)cc1.O=C(O)C(F)(F)F. The van der Waals surface area contributed by atoms with Crippen molar-refractivity contribution in [3.63, 3.8) is 0 Å². The fraction of sp³-hybridized carbons (Fsp3) is 0.579. The minimum Gasteiger partial charge on any atom is -0.497 e. The summed E-state index contributed by atoms with van der Waals surface area (Å²) in [5.41, 5.74) is 0.522. The number of halogens is 3. The highest BCUT2D eigenvalue weighted by molar-refractivity contribution is 7.89. The van der Waals surface area contributed by atoms with E-state index in [1.807, 2.05) is 13.8 Å². The average molecular weight is 484 g/mol. The first-order chi connectivity index (χ1) is 14.8. The third kappa shape index (κ3) is 8.63. The normalized spacial score (nSPS) is 15.0. The van der Waals surface area contributed by atoms with E-state index in [0.29, 0.717) is 37.5 Å².